The number of fused-ring (bicyclic) bond motifs is 2. The average molecular weight is 639 g/mol. The van der Waals surface area contributed by atoms with E-state index in [1.807, 2.05) is 79.0 Å². The van der Waals surface area contributed by atoms with Crippen molar-refractivity contribution in [2.75, 3.05) is 0 Å². The lowest BCUT2D eigenvalue weighted by Crippen LogP contribution is -2.00. The Morgan fingerprint density at radius 3 is 1.48 bits per heavy atom. The molecule has 0 amide bonds. The summed E-state index contributed by atoms with van der Waals surface area (Å²) >= 11 is 0. The van der Waals surface area contributed by atoms with E-state index in [0.717, 1.165) is 49.8 Å². The van der Waals surface area contributed by atoms with E-state index >= 15 is 0 Å². The molecule has 9 aromatic rings. The molecule has 2 heterocycles. The van der Waals surface area contributed by atoms with Gasteiger partial charge in [-0.15, -0.1) is 0 Å². The first-order valence-corrected chi connectivity index (χ1v) is 16.7. The van der Waals surface area contributed by atoms with E-state index in [9.17, 15) is 0 Å². The van der Waals surface area contributed by atoms with E-state index in [2.05, 4.69) is 108 Å². The molecule has 0 aliphatic rings. The molecular weight excluding hydrogens is 609 g/mol. The molecule has 4 nitrogen and oxygen atoms in total. The molecule has 0 aliphatic heterocycles. The summed E-state index contributed by atoms with van der Waals surface area (Å²) in [6, 6.07) is 61.1. The zero-order valence-electron chi connectivity index (χ0n) is 27.1. The third-order valence-corrected chi connectivity index (χ3v) is 9.18. The number of aromatic nitrogens is 4. The maximum atomic E-state index is 4.94. The lowest BCUT2D eigenvalue weighted by atomic mass is 9.89. The Kier molecular flexibility index (Phi) is 7.45. The van der Waals surface area contributed by atoms with Gasteiger partial charge in [0.15, 0.2) is 17.5 Å². The van der Waals surface area contributed by atoms with E-state index in [-0.39, 0.29) is 0 Å². The highest BCUT2D eigenvalue weighted by Gasteiger charge is 2.15. The highest BCUT2D eigenvalue weighted by Crippen LogP contribution is 2.39. The first-order chi connectivity index (χ1) is 24.8. The average Bonchev–Trinajstić information content (AvgIpc) is 3.21. The zero-order chi connectivity index (χ0) is 33.3. The summed E-state index contributed by atoms with van der Waals surface area (Å²) in [5.74, 6) is 1.94. The minimum atomic E-state index is 0.640. The lowest BCUT2D eigenvalue weighted by Gasteiger charge is -2.15. The summed E-state index contributed by atoms with van der Waals surface area (Å²) in [5, 5.41) is 3.55. The third-order valence-electron chi connectivity index (χ3n) is 9.18. The predicted octanol–water partition coefficient (Wildman–Crippen LogP) is 11.6. The number of para-hydroxylation sites is 1. The van der Waals surface area contributed by atoms with Gasteiger partial charge in [-0.2, -0.15) is 0 Å². The number of rotatable bonds is 6. The van der Waals surface area contributed by atoms with Crippen molar-refractivity contribution < 1.29 is 0 Å². The van der Waals surface area contributed by atoms with Crippen LogP contribution in [0.3, 0.4) is 0 Å². The number of hydrogen-bond acceptors (Lipinski definition) is 4. The van der Waals surface area contributed by atoms with Crippen molar-refractivity contribution in [1.82, 2.24) is 19.9 Å². The van der Waals surface area contributed by atoms with Gasteiger partial charge in [-0.3, -0.25) is 4.98 Å². The Bertz CT molecular complexity index is 2560. The molecule has 50 heavy (non-hydrogen) atoms. The van der Waals surface area contributed by atoms with Gasteiger partial charge in [-0.25, -0.2) is 15.0 Å². The van der Waals surface area contributed by atoms with Crippen LogP contribution in [-0.2, 0) is 0 Å². The normalized spacial score (nSPS) is 11.2. The summed E-state index contributed by atoms with van der Waals surface area (Å²) in [4.78, 5) is 19.4. The van der Waals surface area contributed by atoms with Crippen LogP contribution in [0.5, 0.6) is 0 Å². The van der Waals surface area contributed by atoms with Crippen LogP contribution >= 0.6 is 0 Å². The molecule has 0 bridgehead atoms. The zero-order valence-corrected chi connectivity index (χ0v) is 27.1. The summed E-state index contributed by atoms with van der Waals surface area (Å²) in [6.45, 7) is 0. The number of hydrogen-bond donors (Lipinski definition) is 0. The summed E-state index contributed by atoms with van der Waals surface area (Å²) in [5.41, 5.74) is 10.7. The van der Waals surface area contributed by atoms with Gasteiger partial charge in [0, 0.05) is 33.8 Å². The fourth-order valence-electron chi connectivity index (χ4n) is 6.62. The van der Waals surface area contributed by atoms with Crippen LogP contribution < -0.4 is 0 Å². The second-order valence-electron chi connectivity index (χ2n) is 12.3. The molecule has 4 heteroatoms. The fourth-order valence-corrected chi connectivity index (χ4v) is 6.62. The van der Waals surface area contributed by atoms with Gasteiger partial charge in [0.2, 0.25) is 0 Å². The molecule has 0 unspecified atom stereocenters. The lowest BCUT2D eigenvalue weighted by molar-refractivity contribution is 1.07. The minimum absolute atomic E-state index is 0.640. The molecule has 0 saturated carbocycles. The van der Waals surface area contributed by atoms with Gasteiger partial charge in [-0.1, -0.05) is 164 Å². The van der Waals surface area contributed by atoms with Gasteiger partial charge >= 0.3 is 0 Å². The largest absolute Gasteiger partial charge is 0.256 e. The molecule has 0 fully saturated rings. The van der Waals surface area contributed by atoms with Crippen molar-refractivity contribution in [2.24, 2.45) is 0 Å². The van der Waals surface area contributed by atoms with Gasteiger partial charge in [0.05, 0.1) is 5.52 Å². The van der Waals surface area contributed by atoms with Crippen molar-refractivity contribution >= 4 is 21.7 Å². The minimum Gasteiger partial charge on any atom is -0.256 e. The van der Waals surface area contributed by atoms with E-state index in [0.29, 0.717) is 17.5 Å². The molecule has 0 radical (unpaired) electrons. The molecule has 0 atom stereocenters. The SMILES string of the molecule is c1ccc(-c2nc(-c3ccccc3)nc(-c3ccc(-c4c(-c5ccc(-c6cnc7ccccc7c6)cc5)ccc5ccccc45)cc3)n2)cc1. The first-order valence-electron chi connectivity index (χ1n) is 16.7. The van der Waals surface area contributed by atoms with Crippen LogP contribution in [0.2, 0.25) is 0 Å². The third kappa shape index (κ3) is 5.59. The Balaban J connectivity index is 1.12. The highest BCUT2D eigenvalue weighted by molar-refractivity contribution is 6.04. The van der Waals surface area contributed by atoms with Crippen molar-refractivity contribution in [3.63, 3.8) is 0 Å². The summed E-state index contributed by atoms with van der Waals surface area (Å²) in [6.07, 6.45) is 1.96. The van der Waals surface area contributed by atoms with E-state index < -0.39 is 0 Å². The molecule has 0 saturated heterocycles. The Labute approximate surface area is 290 Å². The Hall–Kier alpha value is -6.78. The smallest absolute Gasteiger partial charge is 0.164 e. The molecule has 0 aliphatic carbocycles. The molecule has 9 rings (SSSR count). The second-order valence-corrected chi connectivity index (χ2v) is 12.3. The first kappa shape index (κ1) is 29.4. The molecule has 0 N–H and O–H groups in total. The van der Waals surface area contributed by atoms with Crippen LogP contribution in [-0.4, -0.2) is 19.9 Å². The Morgan fingerprint density at radius 2 is 0.820 bits per heavy atom. The standard InChI is InChI=1S/C46H30N4/c1-3-12-35(13-4-1)44-48-45(36-14-5-2-6-15-36)50-46(49-44)37-25-23-34(24-26-37)43-40-17-9-7-11-32(40)27-28-41(43)33-21-19-31(20-22-33)39-29-38-16-8-10-18-42(38)47-30-39/h1-30H. The van der Waals surface area contributed by atoms with Crippen LogP contribution in [0.25, 0.3) is 89.2 Å². The highest BCUT2D eigenvalue weighted by atomic mass is 15.0. The molecule has 0 spiro atoms. The fraction of sp³-hybridized carbons (Fsp3) is 0. The van der Waals surface area contributed by atoms with E-state index in [1.54, 1.807) is 0 Å². The second kappa shape index (κ2) is 12.7. The summed E-state index contributed by atoms with van der Waals surface area (Å²) < 4.78 is 0. The van der Waals surface area contributed by atoms with Crippen LogP contribution in [0.1, 0.15) is 0 Å². The quantitative estimate of drug-likeness (QED) is 0.182. The van der Waals surface area contributed by atoms with Crippen molar-refractivity contribution in [2.45, 2.75) is 0 Å². The maximum Gasteiger partial charge on any atom is 0.164 e. The van der Waals surface area contributed by atoms with Crippen LogP contribution in [0.15, 0.2) is 182 Å². The van der Waals surface area contributed by atoms with E-state index in [1.165, 1.54) is 21.9 Å². The van der Waals surface area contributed by atoms with Gasteiger partial charge in [-0.05, 0) is 50.7 Å². The van der Waals surface area contributed by atoms with Gasteiger partial charge in [0.1, 0.15) is 0 Å². The maximum absolute atomic E-state index is 4.94. The van der Waals surface area contributed by atoms with Crippen molar-refractivity contribution in [3.8, 4) is 67.5 Å². The summed E-state index contributed by atoms with van der Waals surface area (Å²) in [7, 11) is 0. The number of nitrogens with zero attached hydrogens (tertiary/aromatic N) is 4. The van der Waals surface area contributed by atoms with E-state index in [4.69, 9.17) is 15.0 Å². The molecule has 234 valence electrons. The monoisotopic (exact) mass is 638 g/mol. The van der Waals surface area contributed by atoms with Crippen LogP contribution in [0, 0.1) is 0 Å². The molecular formula is C46H30N4. The Morgan fingerprint density at radius 1 is 0.320 bits per heavy atom. The number of benzene rings is 7. The molecule has 2 aromatic heterocycles. The van der Waals surface area contributed by atoms with Gasteiger partial charge in [0.25, 0.3) is 0 Å². The predicted molar refractivity (Wildman–Crippen MR) is 205 cm³/mol. The number of pyridine rings is 1. The molecule has 7 aromatic carbocycles. The van der Waals surface area contributed by atoms with Crippen molar-refractivity contribution in [3.05, 3.63) is 182 Å². The van der Waals surface area contributed by atoms with Gasteiger partial charge < -0.3 is 0 Å². The topological polar surface area (TPSA) is 51.6 Å². The van der Waals surface area contributed by atoms with Crippen LogP contribution in [0.4, 0.5) is 0 Å². The van der Waals surface area contributed by atoms with Crippen molar-refractivity contribution in [1.29, 1.82) is 0 Å².